The number of aryl methyl sites for hydroxylation is 1. The fraction of sp³-hybridized carbons (Fsp3) is 0.600. The molecule has 0 saturated heterocycles. The Hall–Kier alpha value is -2.33. The van der Waals surface area contributed by atoms with Crippen LogP contribution in [0.2, 0.25) is 0 Å². The number of nitrogens with zero attached hydrogens (tertiary/aromatic N) is 2. The summed E-state index contributed by atoms with van der Waals surface area (Å²) in [4.78, 5) is 25.9. The van der Waals surface area contributed by atoms with Gasteiger partial charge in [0.2, 0.25) is 11.4 Å². The minimum atomic E-state index is -5.14. The van der Waals surface area contributed by atoms with Gasteiger partial charge in [0, 0.05) is 13.0 Å². The van der Waals surface area contributed by atoms with Crippen LogP contribution in [0.15, 0.2) is 4.52 Å². The number of carbonyl (C=O) groups excluding carboxylic acids is 1. The van der Waals surface area contributed by atoms with Crippen LogP contribution in [-0.2, 0) is 11.2 Å². The van der Waals surface area contributed by atoms with Crippen LogP contribution in [0.5, 0.6) is 0 Å². The molecule has 0 radical (unpaired) electrons. The van der Waals surface area contributed by atoms with Crippen LogP contribution < -0.4 is 10.6 Å². The molecule has 1 aromatic rings. The molecule has 1 atom stereocenters. The van der Waals surface area contributed by atoms with Crippen LogP contribution in [0.25, 0.3) is 0 Å². The first-order chi connectivity index (χ1) is 9.56. The van der Waals surface area contributed by atoms with E-state index in [9.17, 15) is 22.8 Å². The van der Waals surface area contributed by atoms with Crippen molar-refractivity contribution in [2.75, 3.05) is 6.54 Å². The van der Waals surface area contributed by atoms with E-state index in [0.29, 0.717) is 12.7 Å². The molecule has 8 nitrogen and oxygen atoms in total. The Morgan fingerprint density at radius 1 is 1.38 bits per heavy atom. The van der Waals surface area contributed by atoms with E-state index in [1.54, 1.807) is 6.92 Å². The first-order valence-corrected chi connectivity index (χ1v) is 5.71. The zero-order valence-corrected chi connectivity index (χ0v) is 11.1. The zero-order valence-electron chi connectivity index (χ0n) is 11.1. The lowest BCUT2D eigenvalue weighted by Gasteiger charge is -2.28. The van der Waals surface area contributed by atoms with Crippen molar-refractivity contribution < 1.29 is 32.4 Å². The summed E-state index contributed by atoms with van der Waals surface area (Å²) in [6.07, 6.45) is -5.04. The fourth-order valence-electron chi connectivity index (χ4n) is 1.24. The summed E-state index contributed by atoms with van der Waals surface area (Å²) in [7, 11) is 0. The maximum atomic E-state index is 12.6. The van der Waals surface area contributed by atoms with E-state index in [-0.39, 0.29) is 18.9 Å². The Balaban J connectivity index is 2.54. The second-order valence-electron chi connectivity index (χ2n) is 4.29. The highest BCUT2D eigenvalue weighted by molar-refractivity contribution is 5.86. The monoisotopic (exact) mass is 310 g/mol. The van der Waals surface area contributed by atoms with E-state index in [4.69, 9.17) is 9.63 Å². The number of hydrogen-bond donors (Lipinski definition) is 3. The van der Waals surface area contributed by atoms with Gasteiger partial charge in [-0.1, -0.05) is 5.16 Å². The predicted molar refractivity (Wildman–Crippen MR) is 61.4 cm³/mol. The van der Waals surface area contributed by atoms with E-state index in [2.05, 4.69) is 15.5 Å². The lowest BCUT2D eigenvalue weighted by molar-refractivity contribution is -0.203. The number of carboxylic acid groups (broad SMARTS) is 1. The van der Waals surface area contributed by atoms with Gasteiger partial charge in [-0.05, 0) is 13.8 Å². The van der Waals surface area contributed by atoms with Gasteiger partial charge in [0.15, 0.2) is 5.82 Å². The summed E-state index contributed by atoms with van der Waals surface area (Å²) in [5, 5.41) is 15.6. The summed E-state index contributed by atoms with van der Waals surface area (Å²) in [5.41, 5.74) is -3.38. The molecule has 11 heteroatoms. The molecule has 1 unspecified atom stereocenters. The van der Waals surface area contributed by atoms with Gasteiger partial charge < -0.3 is 20.3 Å². The second-order valence-corrected chi connectivity index (χ2v) is 4.29. The minimum absolute atomic E-state index is 0.0962. The third-order valence-electron chi connectivity index (χ3n) is 2.55. The molecule has 0 bridgehead atoms. The number of halogens is 3. The number of carbonyl (C=O) groups is 2. The van der Waals surface area contributed by atoms with Gasteiger partial charge in [-0.15, -0.1) is 0 Å². The highest BCUT2D eigenvalue weighted by Gasteiger charge is 2.58. The molecule has 2 amide bonds. The minimum Gasteiger partial charge on any atom is -0.479 e. The van der Waals surface area contributed by atoms with Crippen molar-refractivity contribution in [2.24, 2.45) is 0 Å². The van der Waals surface area contributed by atoms with Crippen molar-refractivity contribution in [1.29, 1.82) is 0 Å². The topological polar surface area (TPSA) is 117 Å². The Kier molecular flexibility index (Phi) is 4.76. The van der Waals surface area contributed by atoms with E-state index < -0.39 is 23.7 Å². The Morgan fingerprint density at radius 3 is 2.43 bits per heavy atom. The van der Waals surface area contributed by atoms with E-state index in [0.717, 1.165) is 0 Å². The van der Waals surface area contributed by atoms with Crippen LogP contribution >= 0.6 is 0 Å². The molecule has 0 aliphatic rings. The smallest absolute Gasteiger partial charge is 0.422 e. The van der Waals surface area contributed by atoms with Crippen LogP contribution in [0, 0.1) is 6.92 Å². The van der Waals surface area contributed by atoms with Gasteiger partial charge in [-0.25, -0.2) is 9.59 Å². The molecule has 0 spiro atoms. The number of nitrogens with one attached hydrogen (secondary N) is 2. The molecule has 0 fully saturated rings. The zero-order chi connectivity index (χ0) is 16.3. The number of aliphatic carboxylic acids is 1. The number of rotatable bonds is 5. The number of carboxylic acids is 1. The standard InChI is InChI=1S/C10H13F3N4O4/c1-5-15-6(21-17-5)3-4-14-8(20)16-9(2,7(18)19)10(11,12)13/h3-4H2,1-2H3,(H,18,19)(H2,14,16,20). The maximum Gasteiger partial charge on any atom is 0.422 e. The van der Waals surface area contributed by atoms with Gasteiger partial charge in [0.25, 0.3) is 0 Å². The molecule has 1 heterocycles. The third-order valence-corrected chi connectivity index (χ3v) is 2.55. The molecular weight excluding hydrogens is 297 g/mol. The molecule has 0 aliphatic carbocycles. The van der Waals surface area contributed by atoms with Gasteiger partial charge in [-0.3, -0.25) is 0 Å². The quantitative estimate of drug-likeness (QED) is 0.734. The van der Waals surface area contributed by atoms with Crippen molar-refractivity contribution in [3.05, 3.63) is 11.7 Å². The Morgan fingerprint density at radius 2 is 2.00 bits per heavy atom. The highest BCUT2D eigenvalue weighted by Crippen LogP contribution is 2.30. The van der Waals surface area contributed by atoms with Crippen LogP contribution in [0.1, 0.15) is 18.6 Å². The predicted octanol–water partition coefficient (Wildman–Crippen LogP) is 0.625. The van der Waals surface area contributed by atoms with Crippen molar-refractivity contribution in [1.82, 2.24) is 20.8 Å². The van der Waals surface area contributed by atoms with Crippen molar-refractivity contribution in [3.8, 4) is 0 Å². The number of urea groups is 1. The summed E-state index contributed by atoms with van der Waals surface area (Å²) < 4.78 is 42.7. The normalized spacial score (nSPS) is 14.3. The molecule has 21 heavy (non-hydrogen) atoms. The van der Waals surface area contributed by atoms with Gasteiger partial charge in [0.05, 0.1) is 0 Å². The lowest BCUT2D eigenvalue weighted by Crippen LogP contribution is -2.63. The maximum absolute atomic E-state index is 12.6. The van der Waals surface area contributed by atoms with Gasteiger partial charge >= 0.3 is 18.2 Å². The Labute approximate surface area is 116 Å². The van der Waals surface area contributed by atoms with Crippen molar-refractivity contribution >= 4 is 12.0 Å². The summed E-state index contributed by atoms with van der Waals surface area (Å²) in [6, 6.07) is -1.27. The average molecular weight is 310 g/mol. The van der Waals surface area contributed by atoms with E-state index >= 15 is 0 Å². The number of alkyl halides is 3. The fourth-order valence-corrected chi connectivity index (χ4v) is 1.24. The van der Waals surface area contributed by atoms with E-state index in [1.807, 2.05) is 0 Å². The molecule has 3 N–H and O–H groups in total. The largest absolute Gasteiger partial charge is 0.479 e. The summed E-state index contributed by atoms with van der Waals surface area (Å²) in [6.45, 7) is 1.84. The summed E-state index contributed by atoms with van der Waals surface area (Å²) >= 11 is 0. The van der Waals surface area contributed by atoms with Crippen molar-refractivity contribution in [3.63, 3.8) is 0 Å². The molecule has 1 rings (SSSR count). The van der Waals surface area contributed by atoms with Gasteiger partial charge in [0.1, 0.15) is 0 Å². The van der Waals surface area contributed by atoms with Crippen LogP contribution in [0.3, 0.4) is 0 Å². The highest BCUT2D eigenvalue weighted by atomic mass is 19.4. The summed E-state index contributed by atoms with van der Waals surface area (Å²) in [5.74, 6) is -1.63. The molecule has 0 aromatic carbocycles. The molecule has 0 aliphatic heterocycles. The second kappa shape index (κ2) is 5.97. The molecule has 1 aromatic heterocycles. The van der Waals surface area contributed by atoms with Crippen molar-refractivity contribution in [2.45, 2.75) is 32.0 Å². The first kappa shape index (κ1) is 16.7. The molecule has 0 saturated carbocycles. The van der Waals surface area contributed by atoms with Crippen LogP contribution in [0.4, 0.5) is 18.0 Å². The third kappa shape index (κ3) is 4.07. The first-order valence-electron chi connectivity index (χ1n) is 5.71. The SMILES string of the molecule is Cc1noc(CCNC(=O)NC(C)(C(=O)O)C(F)(F)F)n1. The van der Waals surface area contributed by atoms with E-state index in [1.165, 1.54) is 5.32 Å². The molecular formula is C10H13F3N4O4. The van der Waals surface area contributed by atoms with Gasteiger partial charge in [-0.2, -0.15) is 18.2 Å². The lowest BCUT2D eigenvalue weighted by atomic mass is 10.0. The number of hydrogen-bond acceptors (Lipinski definition) is 5. The van der Waals surface area contributed by atoms with Crippen LogP contribution in [-0.4, -0.2) is 45.5 Å². The average Bonchev–Trinajstić information content (AvgIpc) is 2.73. The molecule has 118 valence electrons. The Bertz CT molecular complexity index is 531. The number of amides is 2. The number of aromatic nitrogens is 2.